The summed E-state index contributed by atoms with van der Waals surface area (Å²) in [5, 5.41) is 8.87. The quantitative estimate of drug-likeness (QED) is 0.755. The van der Waals surface area contributed by atoms with Gasteiger partial charge in [0, 0.05) is 38.3 Å². The number of carbonyl (C=O) groups is 1. The molecule has 2 unspecified atom stereocenters. The number of carbonyl (C=O) groups excluding carboxylic acids is 1. The maximum Gasteiger partial charge on any atom is 0.254 e. The van der Waals surface area contributed by atoms with Crippen LogP contribution in [0.3, 0.4) is 0 Å². The Morgan fingerprint density at radius 2 is 1.92 bits per heavy atom. The van der Waals surface area contributed by atoms with Gasteiger partial charge in [-0.25, -0.2) is 8.42 Å². The number of sulfone groups is 1. The average molecular weight is 363 g/mol. The fraction of sp³-hybridized carbons (Fsp3) is 0.529. The van der Waals surface area contributed by atoms with Gasteiger partial charge in [0.05, 0.1) is 35.8 Å². The first-order chi connectivity index (χ1) is 11.9. The molecule has 0 saturated carbocycles. The number of piperazine rings is 1. The van der Waals surface area contributed by atoms with Crippen molar-refractivity contribution in [3.05, 3.63) is 35.4 Å². The van der Waals surface area contributed by atoms with Gasteiger partial charge in [-0.05, 0) is 24.3 Å². The standard InChI is InChI=1S/C17H21N3O4S/c1-24-9-8-19-6-7-20(16-12-25(22,23)11-15(16)19)17(21)14-4-2-13(10-18)3-5-14/h2-5,15-16H,6-9,11-12H2,1H3. The molecule has 1 aromatic rings. The summed E-state index contributed by atoms with van der Waals surface area (Å²) in [5.74, 6) is -0.0928. The van der Waals surface area contributed by atoms with E-state index in [2.05, 4.69) is 4.90 Å². The van der Waals surface area contributed by atoms with E-state index in [0.29, 0.717) is 37.4 Å². The van der Waals surface area contributed by atoms with Crippen LogP contribution in [0.1, 0.15) is 15.9 Å². The Kier molecular flexibility index (Phi) is 5.08. The first kappa shape index (κ1) is 17.9. The summed E-state index contributed by atoms with van der Waals surface area (Å²) in [7, 11) is -1.55. The molecule has 2 fully saturated rings. The summed E-state index contributed by atoms with van der Waals surface area (Å²) in [5.41, 5.74) is 0.967. The summed E-state index contributed by atoms with van der Waals surface area (Å²) in [6.07, 6.45) is 0. The van der Waals surface area contributed by atoms with Gasteiger partial charge in [-0.1, -0.05) is 0 Å². The zero-order valence-electron chi connectivity index (χ0n) is 14.1. The lowest BCUT2D eigenvalue weighted by atomic mass is 10.0. The number of nitrogens with zero attached hydrogens (tertiary/aromatic N) is 3. The van der Waals surface area contributed by atoms with Gasteiger partial charge < -0.3 is 9.64 Å². The van der Waals surface area contributed by atoms with E-state index < -0.39 is 9.84 Å². The zero-order valence-corrected chi connectivity index (χ0v) is 14.9. The lowest BCUT2D eigenvalue weighted by Crippen LogP contribution is -2.61. The third-order valence-electron chi connectivity index (χ3n) is 4.90. The Bertz CT molecular complexity index is 785. The number of ether oxygens (including phenoxy) is 1. The molecular weight excluding hydrogens is 342 g/mol. The normalized spacial score (nSPS) is 25.4. The number of amides is 1. The molecule has 1 aromatic carbocycles. The molecule has 25 heavy (non-hydrogen) atoms. The number of fused-ring (bicyclic) bond motifs is 1. The van der Waals surface area contributed by atoms with Gasteiger partial charge in [0.25, 0.3) is 5.91 Å². The van der Waals surface area contributed by atoms with Crippen molar-refractivity contribution in [3.63, 3.8) is 0 Å². The van der Waals surface area contributed by atoms with Crippen LogP contribution < -0.4 is 0 Å². The van der Waals surface area contributed by atoms with Crippen LogP contribution in [0.25, 0.3) is 0 Å². The van der Waals surface area contributed by atoms with Gasteiger partial charge in [0.2, 0.25) is 0 Å². The van der Waals surface area contributed by atoms with E-state index in [1.807, 2.05) is 6.07 Å². The van der Waals surface area contributed by atoms with Crippen LogP contribution in [-0.2, 0) is 14.6 Å². The van der Waals surface area contributed by atoms with Gasteiger partial charge in [-0.2, -0.15) is 5.26 Å². The van der Waals surface area contributed by atoms with Crippen LogP contribution in [-0.4, -0.2) is 81.1 Å². The summed E-state index contributed by atoms with van der Waals surface area (Å²) in [6.45, 7) is 2.31. The predicted octanol–water partition coefficient (Wildman–Crippen LogP) is 0.128. The second kappa shape index (κ2) is 7.12. The summed E-state index contributed by atoms with van der Waals surface area (Å²) >= 11 is 0. The second-order valence-corrected chi connectivity index (χ2v) is 8.58. The van der Waals surface area contributed by atoms with Crippen molar-refractivity contribution < 1.29 is 17.9 Å². The first-order valence-corrected chi connectivity index (χ1v) is 10.0. The number of nitriles is 1. The molecule has 2 atom stereocenters. The molecule has 2 aliphatic heterocycles. The largest absolute Gasteiger partial charge is 0.383 e. The Hall–Kier alpha value is -1.95. The molecule has 0 spiro atoms. The third-order valence-corrected chi connectivity index (χ3v) is 6.59. The van der Waals surface area contributed by atoms with Crippen LogP contribution in [0.5, 0.6) is 0 Å². The smallest absolute Gasteiger partial charge is 0.254 e. The molecule has 0 N–H and O–H groups in total. The predicted molar refractivity (Wildman–Crippen MR) is 91.9 cm³/mol. The Labute approximate surface area is 147 Å². The summed E-state index contributed by atoms with van der Waals surface area (Å²) in [4.78, 5) is 16.7. The highest BCUT2D eigenvalue weighted by atomic mass is 32.2. The molecule has 0 radical (unpaired) electrons. The van der Waals surface area contributed by atoms with Crippen LogP contribution in [0, 0.1) is 11.3 Å². The molecule has 2 aliphatic rings. The first-order valence-electron chi connectivity index (χ1n) is 8.20. The van der Waals surface area contributed by atoms with Crippen LogP contribution in [0.2, 0.25) is 0 Å². The molecule has 0 aliphatic carbocycles. The molecule has 8 heteroatoms. The lowest BCUT2D eigenvalue weighted by Gasteiger charge is -2.43. The molecular formula is C17H21N3O4S. The van der Waals surface area contributed by atoms with Gasteiger partial charge in [-0.3, -0.25) is 9.69 Å². The van der Waals surface area contributed by atoms with Gasteiger partial charge in [-0.15, -0.1) is 0 Å². The fourth-order valence-corrected chi connectivity index (χ4v) is 5.63. The lowest BCUT2D eigenvalue weighted by molar-refractivity contribution is 0.0247. The van der Waals surface area contributed by atoms with E-state index >= 15 is 0 Å². The minimum atomic E-state index is -3.17. The molecule has 1 amide bonds. The highest BCUT2D eigenvalue weighted by Crippen LogP contribution is 2.28. The molecule has 0 aromatic heterocycles. The number of hydrogen-bond donors (Lipinski definition) is 0. The van der Waals surface area contributed by atoms with E-state index in [-0.39, 0.29) is 29.5 Å². The monoisotopic (exact) mass is 363 g/mol. The van der Waals surface area contributed by atoms with Crippen molar-refractivity contribution >= 4 is 15.7 Å². The van der Waals surface area contributed by atoms with E-state index in [4.69, 9.17) is 10.00 Å². The average Bonchev–Trinajstić information content (AvgIpc) is 2.94. The second-order valence-electron chi connectivity index (χ2n) is 6.43. The minimum absolute atomic E-state index is 0.00314. The maximum absolute atomic E-state index is 12.9. The van der Waals surface area contributed by atoms with Crippen molar-refractivity contribution in [2.24, 2.45) is 0 Å². The Balaban J connectivity index is 1.82. The minimum Gasteiger partial charge on any atom is -0.383 e. The number of benzene rings is 1. The summed E-state index contributed by atoms with van der Waals surface area (Å²) < 4.78 is 29.5. The molecule has 2 saturated heterocycles. The van der Waals surface area contributed by atoms with Crippen molar-refractivity contribution in [2.45, 2.75) is 12.1 Å². The van der Waals surface area contributed by atoms with Crippen molar-refractivity contribution in [1.29, 1.82) is 5.26 Å². The van der Waals surface area contributed by atoms with E-state index in [0.717, 1.165) is 0 Å². The van der Waals surface area contributed by atoms with Crippen LogP contribution in [0.4, 0.5) is 0 Å². The fourth-order valence-electron chi connectivity index (χ4n) is 3.62. The Morgan fingerprint density at radius 1 is 1.24 bits per heavy atom. The summed E-state index contributed by atoms with van der Waals surface area (Å²) in [6, 6.07) is 7.95. The third kappa shape index (κ3) is 3.68. The molecule has 0 bridgehead atoms. The van der Waals surface area contributed by atoms with Gasteiger partial charge >= 0.3 is 0 Å². The molecule has 7 nitrogen and oxygen atoms in total. The Morgan fingerprint density at radius 3 is 2.56 bits per heavy atom. The maximum atomic E-state index is 12.9. The van der Waals surface area contributed by atoms with Gasteiger partial charge in [0.1, 0.15) is 0 Å². The van der Waals surface area contributed by atoms with E-state index in [1.165, 1.54) is 0 Å². The highest BCUT2D eigenvalue weighted by molar-refractivity contribution is 7.91. The van der Waals surface area contributed by atoms with Crippen molar-refractivity contribution in [2.75, 3.05) is 44.9 Å². The number of rotatable bonds is 4. The zero-order chi connectivity index (χ0) is 18.0. The SMILES string of the molecule is COCCN1CCN(C(=O)c2ccc(C#N)cc2)C2CS(=O)(=O)CC21. The molecule has 3 rings (SSSR count). The van der Waals surface area contributed by atoms with Gasteiger partial charge in [0.15, 0.2) is 9.84 Å². The number of hydrogen-bond acceptors (Lipinski definition) is 6. The topological polar surface area (TPSA) is 90.7 Å². The highest BCUT2D eigenvalue weighted by Gasteiger charge is 2.47. The van der Waals surface area contributed by atoms with E-state index in [1.54, 1.807) is 36.3 Å². The molecule has 2 heterocycles. The van der Waals surface area contributed by atoms with Crippen LogP contribution >= 0.6 is 0 Å². The van der Waals surface area contributed by atoms with Crippen LogP contribution in [0.15, 0.2) is 24.3 Å². The van der Waals surface area contributed by atoms with E-state index in [9.17, 15) is 13.2 Å². The van der Waals surface area contributed by atoms with Crippen molar-refractivity contribution in [3.8, 4) is 6.07 Å². The van der Waals surface area contributed by atoms with Crippen molar-refractivity contribution in [1.82, 2.24) is 9.80 Å². The number of methoxy groups -OCH3 is 1. The molecule has 134 valence electrons.